The molecule has 0 saturated heterocycles. The molecule has 0 unspecified atom stereocenters. The lowest BCUT2D eigenvalue weighted by Gasteiger charge is -2.07. The van der Waals surface area contributed by atoms with Crippen molar-refractivity contribution in [1.82, 2.24) is 14.2 Å². The molecule has 0 spiro atoms. The number of hydrogen-bond acceptors (Lipinski definition) is 7. The maximum absolute atomic E-state index is 13.8. The van der Waals surface area contributed by atoms with Crippen molar-refractivity contribution in [3.05, 3.63) is 135 Å². The molecule has 0 bridgehead atoms. The van der Waals surface area contributed by atoms with Crippen molar-refractivity contribution in [2.45, 2.75) is 6.54 Å². The van der Waals surface area contributed by atoms with Crippen LogP contribution in [0, 0.1) is 10.1 Å². The van der Waals surface area contributed by atoms with E-state index in [1.54, 1.807) is 49.7 Å². The Hall–Kier alpha value is -6.03. The minimum absolute atomic E-state index is 0.0436. The van der Waals surface area contributed by atoms with E-state index in [0.717, 1.165) is 27.4 Å². The quantitative estimate of drug-likeness (QED) is 0.121. The van der Waals surface area contributed by atoms with Crippen LogP contribution in [-0.2, 0) is 6.54 Å². The number of fused-ring (bicyclic) bond motifs is 3. The average molecular weight is 570 g/mol. The van der Waals surface area contributed by atoms with Crippen LogP contribution >= 0.6 is 0 Å². The molecule has 4 aromatic carbocycles. The summed E-state index contributed by atoms with van der Waals surface area (Å²) in [7, 11) is 1.59. The van der Waals surface area contributed by atoms with Gasteiger partial charge in [-0.25, -0.2) is 4.98 Å². The molecular formula is C33H23N5O5. The van der Waals surface area contributed by atoms with Crippen molar-refractivity contribution < 1.29 is 14.1 Å². The Balaban J connectivity index is 1.35. The average Bonchev–Trinajstić information content (AvgIpc) is 3.62. The Labute approximate surface area is 243 Å². The maximum atomic E-state index is 13.8. The standard InChI is InChI=1S/C33H23N5O5/c1-42-29-11-6-12-30-26(29)17-31(43-30)32-35-27-9-4-2-8-25(27)33(39)37(32)34-18-22-20-36(28-10-5-3-7-24(22)28)19-21-13-15-23(16-14-21)38(40)41/h2-18,20H,19H2,1H3. The molecule has 7 aromatic rings. The lowest BCUT2D eigenvalue weighted by Crippen LogP contribution is -2.20. The zero-order valence-corrected chi connectivity index (χ0v) is 22.9. The van der Waals surface area contributed by atoms with Crippen LogP contribution in [0.3, 0.4) is 0 Å². The van der Waals surface area contributed by atoms with E-state index in [1.807, 2.05) is 59.3 Å². The Kier molecular flexibility index (Phi) is 6.28. The van der Waals surface area contributed by atoms with Crippen molar-refractivity contribution >= 4 is 44.7 Å². The van der Waals surface area contributed by atoms with Crippen LogP contribution in [0.4, 0.5) is 5.69 Å². The number of hydrogen-bond donors (Lipinski definition) is 0. The lowest BCUT2D eigenvalue weighted by molar-refractivity contribution is -0.384. The van der Waals surface area contributed by atoms with Gasteiger partial charge in [0, 0.05) is 41.3 Å². The number of nitro groups is 1. The minimum Gasteiger partial charge on any atom is -0.496 e. The van der Waals surface area contributed by atoms with Gasteiger partial charge in [-0.05, 0) is 42.0 Å². The third kappa shape index (κ3) is 4.60. The first kappa shape index (κ1) is 25.9. The Bertz CT molecular complexity index is 2260. The fourth-order valence-corrected chi connectivity index (χ4v) is 5.26. The SMILES string of the molecule is COc1cccc2oc(-c3nc4ccccc4c(=O)n3N=Cc3cn(Cc4ccc([N+](=O)[O-])cc4)c4ccccc34)cc12. The number of nitro benzene ring substituents is 1. The summed E-state index contributed by atoms with van der Waals surface area (Å²) in [5.74, 6) is 1.28. The molecular weight excluding hydrogens is 546 g/mol. The van der Waals surface area contributed by atoms with Gasteiger partial charge in [-0.1, -0.05) is 48.5 Å². The molecule has 0 fully saturated rings. The van der Waals surface area contributed by atoms with Crippen molar-refractivity contribution in [2.24, 2.45) is 5.10 Å². The number of rotatable bonds is 7. The van der Waals surface area contributed by atoms with Crippen molar-refractivity contribution in [3.63, 3.8) is 0 Å². The summed E-state index contributed by atoms with van der Waals surface area (Å²) >= 11 is 0. The van der Waals surface area contributed by atoms with E-state index in [9.17, 15) is 14.9 Å². The van der Waals surface area contributed by atoms with Crippen molar-refractivity contribution in [1.29, 1.82) is 0 Å². The van der Waals surface area contributed by atoms with E-state index < -0.39 is 4.92 Å². The second kappa shape index (κ2) is 10.4. The van der Waals surface area contributed by atoms with Gasteiger partial charge in [-0.3, -0.25) is 14.9 Å². The predicted octanol–water partition coefficient (Wildman–Crippen LogP) is 6.61. The van der Waals surface area contributed by atoms with Crippen LogP contribution < -0.4 is 10.3 Å². The Morgan fingerprint density at radius 1 is 0.953 bits per heavy atom. The second-order valence-corrected chi connectivity index (χ2v) is 9.95. The van der Waals surface area contributed by atoms with E-state index >= 15 is 0 Å². The first-order valence-electron chi connectivity index (χ1n) is 13.4. The van der Waals surface area contributed by atoms with Gasteiger partial charge in [-0.15, -0.1) is 0 Å². The molecule has 0 atom stereocenters. The fourth-order valence-electron chi connectivity index (χ4n) is 5.26. The first-order chi connectivity index (χ1) is 21.0. The topological polar surface area (TPSA) is 118 Å². The highest BCUT2D eigenvalue weighted by molar-refractivity contribution is 5.99. The van der Waals surface area contributed by atoms with Crippen LogP contribution in [-0.4, -0.2) is 32.5 Å². The van der Waals surface area contributed by atoms with E-state index in [0.29, 0.717) is 34.5 Å². The highest BCUT2D eigenvalue weighted by Crippen LogP contribution is 2.33. The number of benzene rings is 4. The molecule has 0 N–H and O–H groups in total. The highest BCUT2D eigenvalue weighted by atomic mass is 16.6. The van der Waals surface area contributed by atoms with Gasteiger partial charge in [-0.2, -0.15) is 9.78 Å². The second-order valence-electron chi connectivity index (χ2n) is 9.95. The van der Waals surface area contributed by atoms with Gasteiger partial charge >= 0.3 is 0 Å². The summed E-state index contributed by atoms with van der Waals surface area (Å²) in [6.07, 6.45) is 3.58. The van der Waals surface area contributed by atoms with Gasteiger partial charge in [0.15, 0.2) is 5.76 Å². The Morgan fingerprint density at radius 3 is 2.51 bits per heavy atom. The summed E-state index contributed by atoms with van der Waals surface area (Å²) in [5, 5.41) is 17.8. The predicted molar refractivity (Wildman–Crippen MR) is 165 cm³/mol. The third-order valence-electron chi connectivity index (χ3n) is 7.35. The van der Waals surface area contributed by atoms with E-state index in [1.165, 1.54) is 16.8 Å². The van der Waals surface area contributed by atoms with Crippen LogP contribution in [0.15, 0.2) is 118 Å². The maximum Gasteiger partial charge on any atom is 0.282 e. The van der Waals surface area contributed by atoms with Crippen LogP contribution in [0.1, 0.15) is 11.1 Å². The van der Waals surface area contributed by atoms with Crippen LogP contribution in [0.5, 0.6) is 5.75 Å². The van der Waals surface area contributed by atoms with Gasteiger partial charge in [0.2, 0.25) is 5.82 Å². The fraction of sp³-hybridized carbons (Fsp3) is 0.0606. The van der Waals surface area contributed by atoms with Gasteiger partial charge in [0.05, 0.1) is 34.5 Å². The van der Waals surface area contributed by atoms with E-state index in [4.69, 9.17) is 14.1 Å². The summed E-state index contributed by atoms with van der Waals surface area (Å²) in [6.45, 7) is 0.496. The molecule has 3 aromatic heterocycles. The molecule has 10 heteroatoms. The van der Waals surface area contributed by atoms with Crippen LogP contribution in [0.2, 0.25) is 0 Å². The number of ether oxygens (including phenoxy) is 1. The van der Waals surface area contributed by atoms with Gasteiger partial charge < -0.3 is 13.7 Å². The Morgan fingerprint density at radius 2 is 1.72 bits per heavy atom. The molecule has 3 heterocycles. The zero-order valence-electron chi connectivity index (χ0n) is 22.9. The lowest BCUT2D eigenvalue weighted by atomic mass is 10.2. The van der Waals surface area contributed by atoms with Crippen molar-refractivity contribution in [3.8, 4) is 17.3 Å². The number of aromatic nitrogens is 3. The smallest absolute Gasteiger partial charge is 0.282 e. The molecule has 10 nitrogen and oxygen atoms in total. The zero-order chi connectivity index (χ0) is 29.5. The third-order valence-corrected chi connectivity index (χ3v) is 7.35. The molecule has 210 valence electrons. The number of furan rings is 1. The summed E-state index contributed by atoms with van der Waals surface area (Å²) in [4.78, 5) is 29.2. The molecule has 7 rings (SSSR count). The van der Waals surface area contributed by atoms with Crippen molar-refractivity contribution in [2.75, 3.05) is 7.11 Å². The number of methoxy groups -OCH3 is 1. The number of non-ortho nitro benzene ring substituents is 1. The monoisotopic (exact) mass is 569 g/mol. The summed E-state index contributed by atoms with van der Waals surface area (Å²) in [5.41, 5.74) is 3.49. The van der Waals surface area contributed by atoms with E-state index in [2.05, 4.69) is 5.10 Å². The molecule has 43 heavy (non-hydrogen) atoms. The highest BCUT2D eigenvalue weighted by Gasteiger charge is 2.18. The molecule has 0 aliphatic rings. The summed E-state index contributed by atoms with van der Waals surface area (Å²) < 4.78 is 14.9. The minimum atomic E-state index is -0.414. The van der Waals surface area contributed by atoms with Gasteiger partial charge in [0.25, 0.3) is 11.2 Å². The molecule has 0 amide bonds. The molecule has 0 aliphatic heterocycles. The molecule has 0 saturated carbocycles. The normalized spacial score (nSPS) is 11.7. The number of para-hydroxylation sites is 2. The number of nitrogens with zero attached hydrogens (tertiary/aromatic N) is 5. The van der Waals surface area contributed by atoms with Crippen LogP contribution in [0.25, 0.3) is 44.4 Å². The van der Waals surface area contributed by atoms with E-state index in [-0.39, 0.29) is 17.1 Å². The molecule has 0 aliphatic carbocycles. The largest absolute Gasteiger partial charge is 0.496 e. The first-order valence-corrected chi connectivity index (χ1v) is 13.4. The van der Waals surface area contributed by atoms with Gasteiger partial charge in [0.1, 0.15) is 11.3 Å². The molecule has 0 radical (unpaired) electrons. The summed E-state index contributed by atoms with van der Waals surface area (Å²) in [6, 6.07) is 28.8.